The van der Waals surface area contributed by atoms with E-state index in [1.165, 1.54) is 6.33 Å². The SMILES string of the molecule is O=C(CN1C(=O)NC2(CCCCC2)C1=O)NCc1cccc(Cn2cncn2)c1. The fourth-order valence-electron chi connectivity index (χ4n) is 4.05. The molecular weight excluding hydrogens is 372 g/mol. The predicted molar refractivity (Wildman–Crippen MR) is 103 cm³/mol. The maximum Gasteiger partial charge on any atom is 0.325 e. The van der Waals surface area contributed by atoms with Crippen LogP contribution in [0.1, 0.15) is 43.2 Å². The number of aromatic nitrogens is 3. The van der Waals surface area contributed by atoms with Gasteiger partial charge in [-0.15, -0.1) is 0 Å². The summed E-state index contributed by atoms with van der Waals surface area (Å²) in [4.78, 5) is 42.3. The first-order chi connectivity index (χ1) is 14.1. The molecule has 0 radical (unpaired) electrons. The van der Waals surface area contributed by atoms with Crippen LogP contribution in [0.4, 0.5) is 4.79 Å². The molecule has 0 atom stereocenters. The van der Waals surface area contributed by atoms with Gasteiger partial charge in [0, 0.05) is 6.54 Å². The highest BCUT2D eigenvalue weighted by molar-refractivity contribution is 6.09. The van der Waals surface area contributed by atoms with E-state index >= 15 is 0 Å². The summed E-state index contributed by atoms with van der Waals surface area (Å²) in [6.45, 7) is 0.649. The quantitative estimate of drug-likeness (QED) is 0.713. The lowest BCUT2D eigenvalue weighted by molar-refractivity contribution is -0.135. The summed E-state index contributed by atoms with van der Waals surface area (Å²) in [5.74, 6) is -0.629. The molecule has 1 aromatic heterocycles. The summed E-state index contributed by atoms with van der Waals surface area (Å²) in [5, 5.41) is 9.70. The third kappa shape index (κ3) is 4.13. The van der Waals surface area contributed by atoms with Crippen molar-refractivity contribution in [3.05, 3.63) is 48.0 Å². The third-order valence-electron chi connectivity index (χ3n) is 5.55. The van der Waals surface area contributed by atoms with Gasteiger partial charge in [0.05, 0.1) is 6.54 Å². The van der Waals surface area contributed by atoms with Gasteiger partial charge in [0.2, 0.25) is 5.91 Å². The summed E-state index contributed by atoms with van der Waals surface area (Å²) in [5.41, 5.74) is 1.16. The normalized spacial score (nSPS) is 18.1. The van der Waals surface area contributed by atoms with Crippen molar-refractivity contribution in [1.29, 1.82) is 0 Å². The minimum Gasteiger partial charge on any atom is -0.350 e. The molecule has 1 saturated heterocycles. The molecule has 2 fully saturated rings. The Labute approximate surface area is 168 Å². The zero-order valence-corrected chi connectivity index (χ0v) is 16.1. The molecule has 9 heteroatoms. The predicted octanol–water partition coefficient (Wildman–Crippen LogP) is 1.20. The van der Waals surface area contributed by atoms with Crippen LogP contribution in [0.25, 0.3) is 0 Å². The molecule has 1 aromatic carbocycles. The maximum atomic E-state index is 12.7. The Morgan fingerprint density at radius 3 is 2.72 bits per heavy atom. The molecule has 1 aliphatic carbocycles. The van der Waals surface area contributed by atoms with Gasteiger partial charge in [0.15, 0.2) is 0 Å². The van der Waals surface area contributed by atoms with Gasteiger partial charge in [-0.1, -0.05) is 43.5 Å². The topological polar surface area (TPSA) is 109 Å². The van der Waals surface area contributed by atoms with Gasteiger partial charge in [-0.05, 0) is 24.0 Å². The van der Waals surface area contributed by atoms with Gasteiger partial charge in [-0.3, -0.25) is 14.5 Å². The maximum absolute atomic E-state index is 12.7. The number of hydrogen-bond acceptors (Lipinski definition) is 5. The van der Waals surface area contributed by atoms with Crippen molar-refractivity contribution in [1.82, 2.24) is 30.3 Å². The van der Waals surface area contributed by atoms with Gasteiger partial charge in [0.1, 0.15) is 24.7 Å². The highest BCUT2D eigenvalue weighted by Gasteiger charge is 2.51. The number of rotatable bonds is 6. The fraction of sp³-hybridized carbons (Fsp3) is 0.450. The average Bonchev–Trinajstić information content (AvgIpc) is 3.30. The number of carbonyl (C=O) groups excluding carboxylic acids is 3. The summed E-state index contributed by atoms with van der Waals surface area (Å²) >= 11 is 0. The molecule has 4 rings (SSSR count). The first kappa shape index (κ1) is 19.1. The van der Waals surface area contributed by atoms with Crippen molar-refractivity contribution in [3.8, 4) is 0 Å². The molecule has 1 aliphatic heterocycles. The zero-order valence-electron chi connectivity index (χ0n) is 16.1. The Bertz CT molecular complexity index is 905. The summed E-state index contributed by atoms with van der Waals surface area (Å²) in [7, 11) is 0. The number of carbonyl (C=O) groups is 3. The van der Waals surface area contributed by atoms with Crippen molar-refractivity contribution in [3.63, 3.8) is 0 Å². The summed E-state index contributed by atoms with van der Waals surface area (Å²) in [6, 6.07) is 7.31. The molecular formula is C20H24N6O3. The first-order valence-corrected chi connectivity index (χ1v) is 9.87. The van der Waals surface area contributed by atoms with E-state index in [0.717, 1.165) is 35.3 Å². The molecule has 2 aromatic rings. The molecule has 2 heterocycles. The van der Waals surface area contributed by atoms with Crippen LogP contribution >= 0.6 is 0 Å². The Morgan fingerprint density at radius 2 is 1.97 bits per heavy atom. The van der Waals surface area contributed by atoms with E-state index in [4.69, 9.17) is 0 Å². The second kappa shape index (κ2) is 8.02. The van der Waals surface area contributed by atoms with Gasteiger partial charge in [0.25, 0.3) is 5.91 Å². The minimum atomic E-state index is -0.800. The highest BCUT2D eigenvalue weighted by Crippen LogP contribution is 2.33. The molecule has 152 valence electrons. The van der Waals surface area contributed by atoms with E-state index in [1.807, 2.05) is 24.3 Å². The third-order valence-corrected chi connectivity index (χ3v) is 5.55. The van der Waals surface area contributed by atoms with E-state index in [0.29, 0.717) is 25.9 Å². The van der Waals surface area contributed by atoms with Crippen LogP contribution in [0.2, 0.25) is 0 Å². The zero-order chi connectivity index (χ0) is 20.3. The average molecular weight is 396 g/mol. The Kier molecular flexibility index (Phi) is 5.28. The highest BCUT2D eigenvalue weighted by atomic mass is 16.2. The van der Waals surface area contributed by atoms with Crippen molar-refractivity contribution in [2.75, 3.05) is 6.54 Å². The summed E-state index contributed by atoms with van der Waals surface area (Å²) in [6.07, 6.45) is 7.32. The van der Waals surface area contributed by atoms with Crippen LogP contribution in [0.5, 0.6) is 0 Å². The molecule has 2 N–H and O–H groups in total. The standard InChI is InChI=1S/C20H24N6O3/c27-17(12-26-18(28)20(24-19(26)29)7-2-1-3-8-20)22-10-15-5-4-6-16(9-15)11-25-14-21-13-23-25/h4-6,9,13-14H,1-3,7-8,10-12H2,(H,22,27)(H,24,29). The van der Waals surface area contributed by atoms with Gasteiger partial charge in [-0.2, -0.15) is 5.10 Å². The number of hydrogen-bond donors (Lipinski definition) is 2. The van der Waals surface area contributed by atoms with E-state index in [2.05, 4.69) is 20.7 Å². The van der Waals surface area contributed by atoms with E-state index in [9.17, 15) is 14.4 Å². The lowest BCUT2D eigenvalue weighted by Crippen LogP contribution is -2.49. The molecule has 2 aliphatic rings. The van der Waals surface area contributed by atoms with Gasteiger partial charge < -0.3 is 10.6 Å². The van der Waals surface area contributed by atoms with Crippen molar-refractivity contribution in [2.45, 2.75) is 50.7 Å². The Balaban J connectivity index is 1.32. The Morgan fingerprint density at radius 1 is 1.17 bits per heavy atom. The van der Waals surface area contributed by atoms with Crippen LogP contribution in [-0.4, -0.2) is 49.6 Å². The van der Waals surface area contributed by atoms with Gasteiger partial charge in [-0.25, -0.2) is 14.5 Å². The van der Waals surface area contributed by atoms with E-state index in [-0.39, 0.29) is 18.4 Å². The lowest BCUT2D eigenvalue weighted by Gasteiger charge is -2.30. The summed E-state index contributed by atoms with van der Waals surface area (Å²) < 4.78 is 1.72. The van der Waals surface area contributed by atoms with Crippen LogP contribution < -0.4 is 10.6 Å². The second-order valence-corrected chi connectivity index (χ2v) is 7.65. The smallest absolute Gasteiger partial charge is 0.325 e. The van der Waals surface area contributed by atoms with Crippen LogP contribution in [0.3, 0.4) is 0 Å². The van der Waals surface area contributed by atoms with Gasteiger partial charge >= 0.3 is 6.03 Å². The monoisotopic (exact) mass is 396 g/mol. The molecule has 4 amide bonds. The largest absolute Gasteiger partial charge is 0.350 e. The first-order valence-electron chi connectivity index (χ1n) is 9.87. The number of urea groups is 1. The van der Waals surface area contributed by atoms with Crippen molar-refractivity contribution in [2.24, 2.45) is 0 Å². The number of amides is 4. The Hall–Kier alpha value is -3.23. The molecule has 1 spiro atoms. The van der Waals surface area contributed by atoms with Crippen LogP contribution in [-0.2, 0) is 22.7 Å². The minimum absolute atomic E-state index is 0.259. The van der Waals surface area contributed by atoms with E-state index in [1.54, 1.807) is 11.0 Å². The molecule has 29 heavy (non-hydrogen) atoms. The second-order valence-electron chi connectivity index (χ2n) is 7.65. The number of benzene rings is 1. The fourth-order valence-corrected chi connectivity index (χ4v) is 4.05. The molecule has 0 unspecified atom stereocenters. The molecule has 1 saturated carbocycles. The molecule has 9 nitrogen and oxygen atoms in total. The van der Waals surface area contributed by atoms with Crippen LogP contribution in [0.15, 0.2) is 36.9 Å². The lowest BCUT2D eigenvalue weighted by atomic mass is 9.82. The number of imide groups is 1. The van der Waals surface area contributed by atoms with Crippen molar-refractivity contribution < 1.29 is 14.4 Å². The molecule has 0 bridgehead atoms. The van der Waals surface area contributed by atoms with E-state index < -0.39 is 11.6 Å². The number of nitrogens with zero attached hydrogens (tertiary/aromatic N) is 4. The number of nitrogens with one attached hydrogen (secondary N) is 2. The van der Waals surface area contributed by atoms with Crippen molar-refractivity contribution >= 4 is 17.8 Å². The van der Waals surface area contributed by atoms with Crippen LogP contribution in [0, 0.1) is 0 Å².